The van der Waals surface area contributed by atoms with Gasteiger partial charge in [-0.15, -0.1) is 0 Å². The molecule has 22 heavy (non-hydrogen) atoms. The zero-order valence-corrected chi connectivity index (χ0v) is 12.3. The number of carbonyl (C=O) groups is 2. The number of amides is 2. The highest BCUT2D eigenvalue weighted by molar-refractivity contribution is 6.04. The summed E-state index contributed by atoms with van der Waals surface area (Å²) in [5.74, 6) is 0.927. The van der Waals surface area contributed by atoms with Crippen molar-refractivity contribution < 1.29 is 14.0 Å². The van der Waals surface area contributed by atoms with Crippen molar-refractivity contribution in [3.63, 3.8) is 0 Å². The first-order valence-corrected chi connectivity index (χ1v) is 7.35. The van der Waals surface area contributed by atoms with Gasteiger partial charge < -0.3 is 15.1 Å². The van der Waals surface area contributed by atoms with Crippen molar-refractivity contribution >= 4 is 17.5 Å². The average Bonchev–Trinajstić information content (AvgIpc) is 3.03. The Hall–Kier alpha value is -2.56. The third-order valence-corrected chi connectivity index (χ3v) is 3.88. The van der Waals surface area contributed by atoms with E-state index in [0.29, 0.717) is 29.5 Å². The molecule has 114 valence electrons. The molecule has 2 atom stereocenters. The molecule has 1 saturated carbocycles. The first kappa shape index (κ1) is 14.4. The van der Waals surface area contributed by atoms with Crippen molar-refractivity contribution in [3.8, 4) is 0 Å². The molecule has 0 saturated heterocycles. The number of carbonyl (C=O) groups excluding carboxylic acids is 2. The minimum atomic E-state index is -0.240. The van der Waals surface area contributed by atoms with E-state index in [0.717, 1.165) is 6.42 Å². The SMILES string of the molecule is CC1CC1C(=O)Nc1ccccc1C(=O)NCc1ccco1. The fourth-order valence-corrected chi connectivity index (χ4v) is 2.38. The van der Waals surface area contributed by atoms with Crippen molar-refractivity contribution in [3.05, 3.63) is 54.0 Å². The van der Waals surface area contributed by atoms with Gasteiger partial charge >= 0.3 is 0 Å². The summed E-state index contributed by atoms with van der Waals surface area (Å²) in [4.78, 5) is 24.3. The van der Waals surface area contributed by atoms with Crippen LogP contribution in [-0.4, -0.2) is 11.8 Å². The fraction of sp³-hybridized carbons (Fsp3) is 0.294. The van der Waals surface area contributed by atoms with Gasteiger partial charge in [0, 0.05) is 5.92 Å². The quantitative estimate of drug-likeness (QED) is 0.891. The fourth-order valence-electron chi connectivity index (χ4n) is 2.38. The summed E-state index contributed by atoms with van der Waals surface area (Å²) in [5, 5.41) is 5.64. The summed E-state index contributed by atoms with van der Waals surface area (Å²) in [6.45, 7) is 2.36. The number of nitrogens with one attached hydrogen (secondary N) is 2. The molecule has 3 rings (SSSR count). The molecule has 5 heteroatoms. The topological polar surface area (TPSA) is 71.3 Å². The van der Waals surface area contributed by atoms with Gasteiger partial charge in [-0.1, -0.05) is 19.1 Å². The highest BCUT2D eigenvalue weighted by atomic mass is 16.3. The van der Waals surface area contributed by atoms with Crippen molar-refractivity contribution in [1.82, 2.24) is 5.32 Å². The first-order chi connectivity index (χ1) is 10.6. The smallest absolute Gasteiger partial charge is 0.253 e. The third-order valence-electron chi connectivity index (χ3n) is 3.88. The molecule has 1 aliphatic rings. The number of furan rings is 1. The number of rotatable bonds is 5. The molecule has 1 fully saturated rings. The molecule has 0 aliphatic heterocycles. The van der Waals surface area contributed by atoms with Gasteiger partial charge in [-0.05, 0) is 36.6 Å². The lowest BCUT2D eigenvalue weighted by Crippen LogP contribution is -2.25. The normalized spacial score (nSPS) is 19.5. The lowest BCUT2D eigenvalue weighted by Gasteiger charge is -2.11. The van der Waals surface area contributed by atoms with Crippen molar-refractivity contribution in [2.45, 2.75) is 19.9 Å². The Bertz CT molecular complexity index is 679. The minimum absolute atomic E-state index is 0.0150. The molecule has 2 amide bonds. The average molecular weight is 298 g/mol. The van der Waals surface area contributed by atoms with Crippen LogP contribution in [0.5, 0.6) is 0 Å². The van der Waals surface area contributed by atoms with Gasteiger partial charge in [-0.3, -0.25) is 9.59 Å². The number of benzene rings is 1. The van der Waals surface area contributed by atoms with E-state index in [4.69, 9.17) is 4.42 Å². The highest BCUT2D eigenvalue weighted by Crippen LogP contribution is 2.38. The van der Waals surface area contributed by atoms with Crippen LogP contribution in [0.15, 0.2) is 47.1 Å². The summed E-state index contributed by atoms with van der Waals surface area (Å²) in [6.07, 6.45) is 2.48. The van der Waals surface area contributed by atoms with Crippen LogP contribution in [0.25, 0.3) is 0 Å². The van der Waals surface area contributed by atoms with Gasteiger partial charge in [0.15, 0.2) is 0 Å². The van der Waals surface area contributed by atoms with E-state index in [1.165, 1.54) is 0 Å². The minimum Gasteiger partial charge on any atom is -0.467 e. The van der Waals surface area contributed by atoms with Crippen LogP contribution in [0.2, 0.25) is 0 Å². The molecule has 1 heterocycles. The monoisotopic (exact) mass is 298 g/mol. The zero-order chi connectivity index (χ0) is 15.5. The van der Waals surface area contributed by atoms with Gasteiger partial charge in [0.25, 0.3) is 5.91 Å². The number of hydrogen-bond acceptors (Lipinski definition) is 3. The zero-order valence-electron chi connectivity index (χ0n) is 12.3. The molecular weight excluding hydrogens is 280 g/mol. The Labute approximate surface area is 128 Å². The molecule has 2 unspecified atom stereocenters. The molecule has 5 nitrogen and oxygen atoms in total. The van der Waals surface area contributed by atoms with Gasteiger partial charge in [0.05, 0.1) is 24.1 Å². The second kappa shape index (κ2) is 6.05. The molecule has 0 bridgehead atoms. The van der Waals surface area contributed by atoms with E-state index in [-0.39, 0.29) is 17.7 Å². The van der Waals surface area contributed by atoms with Crippen LogP contribution >= 0.6 is 0 Å². The molecule has 2 N–H and O–H groups in total. The molecule has 2 aromatic rings. The van der Waals surface area contributed by atoms with Gasteiger partial charge in [-0.25, -0.2) is 0 Å². The van der Waals surface area contributed by atoms with Crippen LogP contribution in [0, 0.1) is 11.8 Å². The summed E-state index contributed by atoms with van der Waals surface area (Å²) in [7, 11) is 0. The summed E-state index contributed by atoms with van der Waals surface area (Å²) in [5.41, 5.74) is 0.999. The molecule has 1 aliphatic carbocycles. The van der Waals surface area contributed by atoms with Crippen molar-refractivity contribution in [2.24, 2.45) is 11.8 Å². The lowest BCUT2D eigenvalue weighted by molar-refractivity contribution is -0.117. The van der Waals surface area contributed by atoms with Gasteiger partial charge in [-0.2, -0.15) is 0 Å². The maximum atomic E-state index is 12.3. The van der Waals surface area contributed by atoms with Gasteiger partial charge in [0.1, 0.15) is 5.76 Å². The predicted octanol–water partition coefficient (Wildman–Crippen LogP) is 2.80. The second-order valence-electron chi connectivity index (χ2n) is 5.62. The Kier molecular flexibility index (Phi) is 3.96. The number of anilines is 1. The standard InChI is InChI=1S/C17H18N2O3/c1-11-9-14(11)17(21)19-15-7-3-2-6-13(15)16(20)18-10-12-5-4-8-22-12/h2-8,11,14H,9-10H2,1H3,(H,18,20)(H,19,21). The molecule has 0 spiro atoms. The maximum Gasteiger partial charge on any atom is 0.253 e. The third kappa shape index (κ3) is 3.19. The van der Waals surface area contributed by atoms with Crippen molar-refractivity contribution in [2.75, 3.05) is 5.32 Å². The van der Waals surface area contributed by atoms with Crippen LogP contribution < -0.4 is 10.6 Å². The van der Waals surface area contributed by atoms with Crippen LogP contribution in [-0.2, 0) is 11.3 Å². The highest BCUT2D eigenvalue weighted by Gasteiger charge is 2.39. The first-order valence-electron chi connectivity index (χ1n) is 7.35. The number of para-hydroxylation sites is 1. The number of hydrogen-bond donors (Lipinski definition) is 2. The Morgan fingerprint density at radius 3 is 2.68 bits per heavy atom. The van der Waals surface area contributed by atoms with E-state index in [9.17, 15) is 9.59 Å². The largest absolute Gasteiger partial charge is 0.467 e. The lowest BCUT2D eigenvalue weighted by atomic mass is 10.1. The molecule has 0 radical (unpaired) electrons. The Morgan fingerprint density at radius 2 is 2.00 bits per heavy atom. The Balaban J connectivity index is 1.67. The van der Waals surface area contributed by atoms with E-state index < -0.39 is 0 Å². The van der Waals surface area contributed by atoms with E-state index >= 15 is 0 Å². The second-order valence-corrected chi connectivity index (χ2v) is 5.62. The maximum absolute atomic E-state index is 12.3. The van der Waals surface area contributed by atoms with Crippen LogP contribution in [0.1, 0.15) is 29.5 Å². The van der Waals surface area contributed by atoms with E-state index in [1.54, 1.807) is 42.7 Å². The Morgan fingerprint density at radius 1 is 1.23 bits per heavy atom. The molecule has 1 aromatic carbocycles. The van der Waals surface area contributed by atoms with Crippen LogP contribution in [0.4, 0.5) is 5.69 Å². The predicted molar refractivity (Wildman–Crippen MR) is 82.2 cm³/mol. The van der Waals surface area contributed by atoms with E-state index in [2.05, 4.69) is 10.6 Å². The summed E-state index contributed by atoms with van der Waals surface area (Å²) < 4.78 is 5.18. The molecular formula is C17H18N2O3. The van der Waals surface area contributed by atoms with Crippen LogP contribution in [0.3, 0.4) is 0 Å². The summed E-state index contributed by atoms with van der Waals surface area (Å²) >= 11 is 0. The van der Waals surface area contributed by atoms with Gasteiger partial charge in [0.2, 0.25) is 5.91 Å². The summed E-state index contributed by atoms with van der Waals surface area (Å²) in [6, 6.07) is 10.6. The van der Waals surface area contributed by atoms with Crippen molar-refractivity contribution in [1.29, 1.82) is 0 Å². The van der Waals surface area contributed by atoms with E-state index in [1.807, 2.05) is 6.92 Å². The molecule has 1 aromatic heterocycles.